The van der Waals surface area contributed by atoms with Crippen LogP contribution in [0.1, 0.15) is 66.8 Å². The Balaban J connectivity index is 2.07. The molecule has 2 fully saturated rings. The number of benzene rings is 2. The van der Waals surface area contributed by atoms with Crippen molar-refractivity contribution >= 4 is 11.9 Å². The molecule has 4 rings (SSSR count). The van der Waals surface area contributed by atoms with Crippen molar-refractivity contribution in [2.45, 2.75) is 70.1 Å². The normalized spacial score (nSPS) is 23.0. The van der Waals surface area contributed by atoms with Gasteiger partial charge in [-0.15, -0.1) is 0 Å². The van der Waals surface area contributed by atoms with Crippen LogP contribution in [0.4, 0.5) is 18.0 Å². The van der Waals surface area contributed by atoms with Gasteiger partial charge in [-0.05, 0) is 67.0 Å². The highest BCUT2D eigenvalue weighted by atomic mass is 19.4. The molecule has 0 radical (unpaired) electrons. The lowest BCUT2D eigenvalue weighted by Gasteiger charge is -2.57. The molecule has 0 aliphatic carbocycles. The minimum atomic E-state index is -4.56. The van der Waals surface area contributed by atoms with Gasteiger partial charge in [0.05, 0.1) is 22.6 Å². The first-order valence-corrected chi connectivity index (χ1v) is 14.2. The molecule has 41 heavy (non-hydrogen) atoms. The van der Waals surface area contributed by atoms with Gasteiger partial charge in [-0.3, -0.25) is 4.79 Å². The van der Waals surface area contributed by atoms with E-state index in [2.05, 4.69) is 5.32 Å². The molecular formula is C31H40F3N3O4. The second-order valence-electron chi connectivity index (χ2n) is 11.3. The van der Waals surface area contributed by atoms with Crippen molar-refractivity contribution in [2.75, 3.05) is 33.4 Å². The molecule has 0 aromatic heterocycles. The van der Waals surface area contributed by atoms with E-state index in [-0.39, 0.29) is 51.5 Å². The monoisotopic (exact) mass is 575 g/mol. The molecule has 7 nitrogen and oxygen atoms in total. The standard InChI is InChI=1S/C31H40F3N3O4/c1-5-22-16-23(18-24(17-22)31(32,33)34)21(3)30(25-9-7-6-8-20(25)2)26-19-29(10-14-38,11-15-39)27(40)36(26)12-13-37(30)28(41)35-4/h6-9,16-18,21,26,38-39H,5,10-15,19H2,1-4H3,(H,35,41)/t21-,26?,30?/m1/s1. The van der Waals surface area contributed by atoms with Crippen LogP contribution in [0.15, 0.2) is 42.5 Å². The maximum atomic E-state index is 14.1. The van der Waals surface area contributed by atoms with E-state index in [1.807, 2.05) is 38.1 Å². The van der Waals surface area contributed by atoms with Gasteiger partial charge in [-0.25, -0.2) is 4.79 Å². The molecule has 2 aliphatic rings. The predicted molar refractivity (Wildman–Crippen MR) is 149 cm³/mol. The van der Waals surface area contributed by atoms with Crippen molar-refractivity contribution in [3.63, 3.8) is 0 Å². The van der Waals surface area contributed by atoms with Gasteiger partial charge in [-0.1, -0.05) is 44.2 Å². The van der Waals surface area contributed by atoms with E-state index >= 15 is 0 Å². The smallest absolute Gasteiger partial charge is 0.396 e. The van der Waals surface area contributed by atoms with Gasteiger partial charge in [0.1, 0.15) is 0 Å². The Morgan fingerprint density at radius 1 is 1.12 bits per heavy atom. The van der Waals surface area contributed by atoms with Crippen LogP contribution in [0.2, 0.25) is 0 Å². The summed E-state index contributed by atoms with van der Waals surface area (Å²) in [6.07, 6.45) is -3.65. The fourth-order valence-electron chi connectivity index (χ4n) is 7.31. The van der Waals surface area contributed by atoms with Crippen LogP contribution >= 0.6 is 0 Å². The largest absolute Gasteiger partial charge is 0.416 e. The number of halogens is 3. The van der Waals surface area contributed by atoms with Crippen molar-refractivity contribution < 1.29 is 33.0 Å². The minimum Gasteiger partial charge on any atom is -0.396 e. The first-order valence-electron chi connectivity index (χ1n) is 14.2. The Morgan fingerprint density at radius 3 is 2.34 bits per heavy atom. The number of aliphatic hydroxyl groups excluding tert-OH is 2. The first kappa shape index (κ1) is 30.8. The SMILES string of the molecule is CCc1cc([C@@H](C)C2(c3ccccc3C)C3CC(CCO)(CCO)C(=O)N3CCN2C(=O)NC)cc(C(F)(F)F)c1. The predicted octanol–water partition coefficient (Wildman–Crippen LogP) is 4.58. The van der Waals surface area contributed by atoms with Crippen LogP contribution in [0.3, 0.4) is 0 Å². The van der Waals surface area contributed by atoms with Gasteiger partial charge in [0.2, 0.25) is 5.91 Å². The fraction of sp³-hybridized carbons (Fsp3) is 0.548. The molecule has 2 unspecified atom stereocenters. The maximum Gasteiger partial charge on any atom is 0.416 e. The number of alkyl halides is 3. The zero-order valence-corrected chi connectivity index (χ0v) is 24.1. The summed E-state index contributed by atoms with van der Waals surface area (Å²) in [5.41, 5.74) is -0.521. The molecule has 0 spiro atoms. The van der Waals surface area contributed by atoms with Gasteiger partial charge >= 0.3 is 12.2 Å². The lowest BCUT2D eigenvalue weighted by molar-refractivity contribution is -0.142. The molecule has 2 aromatic rings. The molecule has 3 atom stereocenters. The first-order chi connectivity index (χ1) is 19.4. The zero-order valence-electron chi connectivity index (χ0n) is 24.1. The van der Waals surface area contributed by atoms with E-state index in [9.17, 15) is 33.0 Å². The number of aliphatic hydroxyl groups is 2. The second-order valence-corrected chi connectivity index (χ2v) is 11.3. The van der Waals surface area contributed by atoms with Crippen LogP contribution in [0.5, 0.6) is 0 Å². The molecule has 0 saturated carbocycles. The van der Waals surface area contributed by atoms with Crippen molar-refractivity contribution in [3.05, 3.63) is 70.3 Å². The summed E-state index contributed by atoms with van der Waals surface area (Å²) in [4.78, 5) is 31.2. The Bertz CT molecular complexity index is 1280. The number of nitrogens with one attached hydrogen (secondary N) is 1. The molecule has 2 aromatic carbocycles. The summed E-state index contributed by atoms with van der Waals surface area (Å²) in [5.74, 6) is -0.876. The van der Waals surface area contributed by atoms with E-state index in [4.69, 9.17) is 0 Å². The number of urea groups is 1. The third-order valence-corrected chi connectivity index (χ3v) is 9.32. The van der Waals surface area contributed by atoms with Gasteiger partial charge in [0.25, 0.3) is 0 Å². The van der Waals surface area contributed by atoms with Gasteiger partial charge in [0, 0.05) is 39.3 Å². The molecule has 3 N–H and O–H groups in total. The summed E-state index contributed by atoms with van der Waals surface area (Å²) in [6, 6.07) is 10.6. The molecule has 2 saturated heterocycles. The Labute approximate surface area is 239 Å². The average Bonchev–Trinajstić information content (AvgIpc) is 3.22. The van der Waals surface area contributed by atoms with E-state index in [0.717, 1.165) is 23.3 Å². The summed E-state index contributed by atoms with van der Waals surface area (Å²) < 4.78 is 42.3. The van der Waals surface area contributed by atoms with E-state index in [1.54, 1.807) is 22.8 Å². The highest BCUT2D eigenvalue weighted by Crippen LogP contribution is 2.57. The topological polar surface area (TPSA) is 93.1 Å². The van der Waals surface area contributed by atoms with E-state index < -0.39 is 40.7 Å². The summed E-state index contributed by atoms with van der Waals surface area (Å²) in [6.45, 7) is 5.42. The van der Waals surface area contributed by atoms with Crippen LogP contribution in [0, 0.1) is 12.3 Å². The Morgan fingerprint density at radius 2 is 1.78 bits per heavy atom. The lowest BCUT2D eigenvalue weighted by atomic mass is 9.64. The van der Waals surface area contributed by atoms with Crippen molar-refractivity contribution in [1.82, 2.24) is 15.1 Å². The molecular weight excluding hydrogens is 535 g/mol. The molecule has 224 valence electrons. The summed E-state index contributed by atoms with van der Waals surface area (Å²) >= 11 is 0. The number of amides is 3. The molecule has 3 amide bonds. The van der Waals surface area contributed by atoms with Gasteiger partial charge < -0.3 is 25.3 Å². The van der Waals surface area contributed by atoms with E-state index in [1.165, 1.54) is 7.05 Å². The fourth-order valence-corrected chi connectivity index (χ4v) is 7.31. The highest BCUT2D eigenvalue weighted by molar-refractivity contribution is 5.87. The van der Waals surface area contributed by atoms with Crippen LogP contribution in [-0.2, 0) is 22.9 Å². The van der Waals surface area contributed by atoms with Crippen LogP contribution in [-0.4, -0.2) is 71.3 Å². The molecule has 0 bridgehead atoms. The summed E-state index contributed by atoms with van der Waals surface area (Å²) in [7, 11) is 1.52. The van der Waals surface area contributed by atoms with Crippen molar-refractivity contribution in [2.24, 2.45) is 5.41 Å². The minimum absolute atomic E-state index is 0.140. The number of nitrogens with zero attached hydrogens (tertiary/aromatic N) is 2. The number of hydrogen-bond acceptors (Lipinski definition) is 4. The van der Waals surface area contributed by atoms with Gasteiger partial charge in [0.15, 0.2) is 0 Å². The summed E-state index contributed by atoms with van der Waals surface area (Å²) in [5, 5.41) is 22.6. The molecule has 2 aliphatic heterocycles. The number of aryl methyl sites for hydroxylation is 2. The van der Waals surface area contributed by atoms with E-state index in [0.29, 0.717) is 17.5 Å². The van der Waals surface area contributed by atoms with Crippen LogP contribution < -0.4 is 5.32 Å². The van der Waals surface area contributed by atoms with Gasteiger partial charge in [-0.2, -0.15) is 13.2 Å². The number of carbonyl (C=O) groups is 2. The number of rotatable bonds is 8. The Hall–Kier alpha value is -3.11. The third kappa shape index (κ3) is 5.09. The van der Waals surface area contributed by atoms with Crippen LogP contribution in [0.25, 0.3) is 0 Å². The molecule has 2 heterocycles. The third-order valence-electron chi connectivity index (χ3n) is 9.32. The van der Waals surface area contributed by atoms with Crippen molar-refractivity contribution in [1.29, 1.82) is 0 Å². The number of carbonyl (C=O) groups excluding carboxylic acids is 2. The Kier molecular flexibility index (Phi) is 8.76. The number of fused-ring (bicyclic) bond motifs is 1. The number of hydrogen-bond donors (Lipinski definition) is 3. The zero-order chi connectivity index (χ0) is 30.2. The second kappa shape index (κ2) is 11.6. The highest BCUT2D eigenvalue weighted by Gasteiger charge is 2.64. The quantitative estimate of drug-likeness (QED) is 0.430. The van der Waals surface area contributed by atoms with Crippen molar-refractivity contribution in [3.8, 4) is 0 Å². The number of piperazine rings is 1. The maximum absolute atomic E-state index is 14.1. The molecule has 10 heteroatoms. The average molecular weight is 576 g/mol. The lowest BCUT2D eigenvalue weighted by Crippen LogP contribution is -2.69.